The third-order valence-corrected chi connectivity index (χ3v) is 0.325. The molecule has 0 saturated carbocycles. The second kappa shape index (κ2) is 3.67. The molecule has 1 heteroatoms. The molecule has 0 atom stereocenters. The van der Waals surface area contributed by atoms with Crippen LogP contribution in [0.4, 0.5) is 4.39 Å². The third-order valence-electron chi connectivity index (χ3n) is 0.325. The molecule has 0 spiro atoms. The zero-order valence-corrected chi connectivity index (χ0v) is 3.24. The van der Waals surface area contributed by atoms with E-state index >= 15 is 0 Å². The Kier molecular flexibility index (Phi) is 3.43. The first-order chi connectivity index (χ1) is 2.41. The number of halogens is 1. The van der Waals surface area contributed by atoms with Gasteiger partial charge in [0.2, 0.25) is 0 Å². The molecule has 0 aliphatic rings. The maximum Gasteiger partial charge on any atom is 0.0826 e. The molecular weight excluding hydrogens is 67.0 g/mol. The smallest absolute Gasteiger partial charge is 0.0826 e. The van der Waals surface area contributed by atoms with Gasteiger partial charge in [-0.1, -0.05) is 13.0 Å². The van der Waals surface area contributed by atoms with Crippen LogP contribution in [0.3, 0.4) is 0 Å². The maximum absolute atomic E-state index is 10.8. The number of hydrogen-bond acceptors (Lipinski definition) is 0. The summed E-state index contributed by atoms with van der Waals surface area (Å²) in [5.41, 5.74) is 0. The van der Waals surface area contributed by atoms with E-state index in [2.05, 4.69) is 0 Å². The number of allylic oxidation sites excluding steroid dienone is 1. The molecule has 0 rings (SSSR count). The van der Waals surface area contributed by atoms with Gasteiger partial charge >= 0.3 is 0 Å². The summed E-state index contributed by atoms with van der Waals surface area (Å²) < 4.78 is 10.8. The van der Waals surface area contributed by atoms with Crippen LogP contribution in [-0.4, -0.2) is 0 Å². The standard InChI is InChI=1S/C4H7F/c1-2-3-4-5/h3-4H,2H2,1H3. The van der Waals surface area contributed by atoms with Gasteiger partial charge in [0.15, 0.2) is 0 Å². The fourth-order valence-electron chi connectivity index (χ4n) is 0.0891. The molecule has 0 aromatic rings. The van der Waals surface area contributed by atoms with Crippen molar-refractivity contribution >= 4 is 0 Å². The molecule has 0 bridgehead atoms. The van der Waals surface area contributed by atoms with Crippen LogP contribution < -0.4 is 0 Å². The molecule has 0 unspecified atom stereocenters. The van der Waals surface area contributed by atoms with Crippen molar-refractivity contribution < 1.29 is 4.39 Å². The molecule has 0 radical (unpaired) electrons. The first kappa shape index (κ1) is 4.67. The summed E-state index contributed by atoms with van der Waals surface area (Å²) in [7, 11) is 0. The summed E-state index contributed by atoms with van der Waals surface area (Å²) in [4.78, 5) is 0. The van der Waals surface area contributed by atoms with Gasteiger partial charge in [0, 0.05) is 0 Å². The summed E-state index contributed by atoms with van der Waals surface area (Å²) in [6.45, 7) is 1.88. The Labute approximate surface area is 31.3 Å². The van der Waals surface area contributed by atoms with Crippen LogP contribution in [0, 0.1) is 0 Å². The molecule has 0 aliphatic carbocycles. The van der Waals surface area contributed by atoms with E-state index < -0.39 is 0 Å². The molecule has 0 aliphatic heterocycles. The topological polar surface area (TPSA) is 0 Å². The van der Waals surface area contributed by atoms with Gasteiger partial charge < -0.3 is 0 Å². The van der Waals surface area contributed by atoms with E-state index in [4.69, 9.17) is 0 Å². The third kappa shape index (κ3) is 3.67. The first-order valence-corrected chi connectivity index (χ1v) is 1.67. The van der Waals surface area contributed by atoms with Crippen LogP contribution in [-0.2, 0) is 0 Å². The van der Waals surface area contributed by atoms with Crippen molar-refractivity contribution in [2.75, 3.05) is 0 Å². The molecule has 0 nitrogen and oxygen atoms in total. The minimum atomic E-state index is 0.556. The van der Waals surface area contributed by atoms with Crippen molar-refractivity contribution in [3.05, 3.63) is 12.4 Å². The molecule has 0 aromatic carbocycles. The van der Waals surface area contributed by atoms with Crippen LogP contribution in [0.5, 0.6) is 0 Å². The van der Waals surface area contributed by atoms with E-state index in [0.717, 1.165) is 6.42 Å². The van der Waals surface area contributed by atoms with Crippen LogP contribution in [0.25, 0.3) is 0 Å². The molecule has 0 aromatic heterocycles. The Morgan fingerprint density at radius 2 is 2.40 bits per heavy atom. The van der Waals surface area contributed by atoms with E-state index in [1.165, 1.54) is 6.08 Å². The van der Waals surface area contributed by atoms with E-state index in [1.54, 1.807) is 0 Å². The van der Waals surface area contributed by atoms with Gasteiger partial charge in [-0.15, -0.1) is 0 Å². The molecular formula is C4H7F. The highest BCUT2D eigenvalue weighted by Crippen LogP contribution is 1.76. The average molecular weight is 74.1 g/mol. The normalized spacial score (nSPS) is 10.0. The van der Waals surface area contributed by atoms with Crippen molar-refractivity contribution in [3.63, 3.8) is 0 Å². The molecule has 0 N–H and O–H groups in total. The monoisotopic (exact) mass is 74.1 g/mol. The fourth-order valence-corrected chi connectivity index (χ4v) is 0.0891. The summed E-state index contributed by atoms with van der Waals surface area (Å²) in [5, 5.41) is 0. The van der Waals surface area contributed by atoms with E-state index in [0.29, 0.717) is 6.33 Å². The summed E-state index contributed by atoms with van der Waals surface area (Å²) in [5.74, 6) is 0. The highest BCUT2D eigenvalue weighted by atomic mass is 19.1. The van der Waals surface area contributed by atoms with Gasteiger partial charge in [-0.3, -0.25) is 0 Å². The van der Waals surface area contributed by atoms with Crippen molar-refractivity contribution in [1.82, 2.24) is 0 Å². The maximum atomic E-state index is 10.8. The van der Waals surface area contributed by atoms with Crippen molar-refractivity contribution in [2.45, 2.75) is 13.3 Å². The van der Waals surface area contributed by atoms with Gasteiger partial charge in [0.05, 0.1) is 6.33 Å². The van der Waals surface area contributed by atoms with Gasteiger partial charge in [-0.05, 0) is 6.42 Å². The Hall–Kier alpha value is -0.330. The van der Waals surface area contributed by atoms with Crippen molar-refractivity contribution in [2.24, 2.45) is 0 Å². The minimum absolute atomic E-state index is 0.556. The second-order valence-corrected chi connectivity index (χ2v) is 0.770. The second-order valence-electron chi connectivity index (χ2n) is 0.770. The number of hydrogen-bond donors (Lipinski definition) is 0. The lowest BCUT2D eigenvalue weighted by Crippen LogP contribution is -1.42. The lowest BCUT2D eigenvalue weighted by atomic mass is 10.5. The largest absolute Gasteiger partial charge is 0.216 e. The summed E-state index contributed by atoms with van der Waals surface area (Å²) >= 11 is 0. The minimum Gasteiger partial charge on any atom is -0.216 e. The molecule has 0 heterocycles. The fraction of sp³-hybridized carbons (Fsp3) is 0.500. The van der Waals surface area contributed by atoms with E-state index in [-0.39, 0.29) is 0 Å². The Morgan fingerprint density at radius 3 is 2.40 bits per heavy atom. The molecule has 0 saturated heterocycles. The summed E-state index contributed by atoms with van der Waals surface area (Å²) in [6.07, 6.45) is 2.80. The average Bonchev–Trinajstić information content (AvgIpc) is 1.41. The molecule has 30 valence electrons. The SMILES string of the molecule is CCC=CF. The highest BCUT2D eigenvalue weighted by Gasteiger charge is 1.55. The zero-order chi connectivity index (χ0) is 4.12. The Bertz CT molecular complexity index is 30.6. The van der Waals surface area contributed by atoms with Crippen LogP contribution in [0.2, 0.25) is 0 Å². The van der Waals surface area contributed by atoms with E-state index in [9.17, 15) is 4.39 Å². The van der Waals surface area contributed by atoms with Gasteiger partial charge in [-0.25, -0.2) is 4.39 Å². The molecule has 5 heavy (non-hydrogen) atoms. The van der Waals surface area contributed by atoms with Crippen LogP contribution in [0.1, 0.15) is 13.3 Å². The van der Waals surface area contributed by atoms with Crippen LogP contribution >= 0.6 is 0 Å². The first-order valence-electron chi connectivity index (χ1n) is 1.67. The zero-order valence-electron chi connectivity index (χ0n) is 3.24. The molecule has 0 amide bonds. The Balaban J connectivity index is 2.62. The highest BCUT2D eigenvalue weighted by molar-refractivity contribution is 4.67. The van der Waals surface area contributed by atoms with Gasteiger partial charge in [0.25, 0.3) is 0 Å². The van der Waals surface area contributed by atoms with Crippen molar-refractivity contribution in [3.8, 4) is 0 Å². The molecule has 0 fully saturated rings. The van der Waals surface area contributed by atoms with Gasteiger partial charge in [0.1, 0.15) is 0 Å². The van der Waals surface area contributed by atoms with Crippen LogP contribution in [0.15, 0.2) is 12.4 Å². The predicted molar refractivity (Wildman–Crippen MR) is 20.5 cm³/mol. The quantitative estimate of drug-likeness (QED) is 0.445. The number of rotatable bonds is 1. The lowest BCUT2D eigenvalue weighted by Gasteiger charge is -1.62. The van der Waals surface area contributed by atoms with Gasteiger partial charge in [-0.2, -0.15) is 0 Å². The summed E-state index contributed by atoms with van der Waals surface area (Å²) in [6, 6.07) is 0. The van der Waals surface area contributed by atoms with Crippen molar-refractivity contribution in [1.29, 1.82) is 0 Å². The predicted octanol–water partition coefficient (Wildman–Crippen LogP) is 1.88. The Morgan fingerprint density at radius 1 is 1.80 bits per heavy atom. The lowest BCUT2D eigenvalue weighted by molar-refractivity contribution is 0.715. The van der Waals surface area contributed by atoms with E-state index in [1.807, 2.05) is 6.92 Å².